The summed E-state index contributed by atoms with van der Waals surface area (Å²) in [6, 6.07) is 3.74. The van der Waals surface area contributed by atoms with Crippen LogP contribution in [0.15, 0.2) is 24.2 Å². The fourth-order valence-electron chi connectivity index (χ4n) is 0.837. The van der Waals surface area contributed by atoms with E-state index < -0.39 is 0 Å². The number of allylic oxidation sites excluding steroid dienone is 1. The van der Waals surface area contributed by atoms with Crippen molar-refractivity contribution < 1.29 is 4.39 Å². The van der Waals surface area contributed by atoms with Gasteiger partial charge in [-0.05, 0) is 31.6 Å². The molecule has 0 amide bonds. The zero-order valence-corrected chi connectivity index (χ0v) is 6.63. The van der Waals surface area contributed by atoms with E-state index in [9.17, 15) is 4.39 Å². The Morgan fingerprint density at radius 1 is 1.64 bits per heavy atom. The molecule has 0 aromatic carbocycles. The molecule has 0 spiro atoms. The molecule has 0 fully saturated rings. The van der Waals surface area contributed by atoms with Crippen LogP contribution < -0.4 is 0 Å². The van der Waals surface area contributed by atoms with Gasteiger partial charge in [-0.25, -0.2) is 4.39 Å². The zero-order valence-electron chi connectivity index (χ0n) is 6.63. The van der Waals surface area contributed by atoms with E-state index >= 15 is 0 Å². The standard InChI is InChI=1S/C9H10FN/c1-7-4-3-5-11-9(7)6-8(2)10/h3-6H,1-2H3/b8-6-. The molecule has 0 saturated carbocycles. The van der Waals surface area contributed by atoms with Gasteiger partial charge in [0, 0.05) is 6.20 Å². The van der Waals surface area contributed by atoms with Gasteiger partial charge < -0.3 is 0 Å². The van der Waals surface area contributed by atoms with E-state index in [4.69, 9.17) is 0 Å². The van der Waals surface area contributed by atoms with E-state index in [1.54, 1.807) is 6.20 Å². The van der Waals surface area contributed by atoms with Gasteiger partial charge in [0.05, 0.1) is 11.5 Å². The fourth-order valence-corrected chi connectivity index (χ4v) is 0.837. The fraction of sp³-hybridized carbons (Fsp3) is 0.222. The van der Waals surface area contributed by atoms with E-state index in [0.29, 0.717) is 5.69 Å². The molecule has 1 rings (SSSR count). The lowest BCUT2D eigenvalue weighted by atomic mass is 10.2. The molecule has 58 valence electrons. The molecule has 1 aromatic rings. The van der Waals surface area contributed by atoms with Crippen LogP contribution in [0.1, 0.15) is 18.2 Å². The van der Waals surface area contributed by atoms with Gasteiger partial charge in [0.1, 0.15) is 0 Å². The Labute approximate surface area is 65.6 Å². The Kier molecular flexibility index (Phi) is 2.36. The van der Waals surface area contributed by atoms with Crippen molar-refractivity contribution >= 4 is 6.08 Å². The minimum absolute atomic E-state index is 0.216. The van der Waals surface area contributed by atoms with Gasteiger partial charge in [0.15, 0.2) is 0 Å². The highest BCUT2D eigenvalue weighted by Gasteiger charge is 1.93. The largest absolute Gasteiger partial charge is 0.257 e. The molecule has 1 heterocycles. The van der Waals surface area contributed by atoms with Crippen molar-refractivity contribution in [2.24, 2.45) is 0 Å². The third-order valence-electron chi connectivity index (χ3n) is 1.39. The molecule has 0 aliphatic heterocycles. The minimum Gasteiger partial charge on any atom is -0.257 e. The monoisotopic (exact) mass is 151 g/mol. The summed E-state index contributed by atoms with van der Waals surface area (Å²) in [6.07, 6.45) is 3.08. The normalized spacial score (nSPS) is 11.7. The van der Waals surface area contributed by atoms with E-state index in [1.807, 2.05) is 19.1 Å². The number of aryl methyl sites for hydroxylation is 1. The number of hydrogen-bond acceptors (Lipinski definition) is 1. The van der Waals surface area contributed by atoms with Crippen LogP contribution in [-0.2, 0) is 0 Å². The van der Waals surface area contributed by atoms with Crippen molar-refractivity contribution in [1.82, 2.24) is 4.98 Å². The quantitative estimate of drug-likeness (QED) is 0.601. The van der Waals surface area contributed by atoms with Crippen LogP contribution in [-0.4, -0.2) is 4.98 Å². The topological polar surface area (TPSA) is 12.9 Å². The summed E-state index contributed by atoms with van der Waals surface area (Å²) in [5, 5.41) is 0. The van der Waals surface area contributed by atoms with Crippen LogP contribution in [0.5, 0.6) is 0 Å². The Hall–Kier alpha value is -1.18. The third kappa shape index (κ3) is 2.15. The molecular weight excluding hydrogens is 141 g/mol. The highest BCUT2D eigenvalue weighted by molar-refractivity contribution is 5.49. The maximum absolute atomic E-state index is 12.4. The first-order valence-corrected chi connectivity index (χ1v) is 3.45. The first kappa shape index (κ1) is 7.92. The maximum atomic E-state index is 12.4. The Balaban J connectivity index is 3.04. The summed E-state index contributed by atoms with van der Waals surface area (Å²) in [6.45, 7) is 3.32. The van der Waals surface area contributed by atoms with Crippen LogP contribution in [0.3, 0.4) is 0 Å². The zero-order chi connectivity index (χ0) is 8.27. The molecule has 0 aliphatic carbocycles. The summed E-state index contributed by atoms with van der Waals surface area (Å²) in [4.78, 5) is 4.00. The van der Waals surface area contributed by atoms with Crippen molar-refractivity contribution in [2.45, 2.75) is 13.8 Å². The number of nitrogens with zero attached hydrogens (tertiary/aromatic N) is 1. The van der Waals surface area contributed by atoms with Crippen molar-refractivity contribution in [3.05, 3.63) is 35.4 Å². The highest BCUT2D eigenvalue weighted by Crippen LogP contribution is 2.08. The third-order valence-corrected chi connectivity index (χ3v) is 1.39. The van der Waals surface area contributed by atoms with Gasteiger partial charge in [-0.2, -0.15) is 0 Å². The molecular formula is C9H10FN. The molecule has 0 N–H and O–H groups in total. The van der Waals surface area contributed by atoms with Crippen molar-refractivity contribution in [3.8, 4) is 0 Å². The number of halogens is 1. The predicted molar refractivity (Wildman–Crippen MR) is 43.7 cm³/mol. The second-order valence-corrected chi connectivity index (χ2v) is 2.44. The van der Waals surface area contributed by atoms with Crippen molar-refractivity contribution in [1.29, 1.82) is 0 Å². The number of aromatic nitrogens is 1. The second kappa shape index (κ2) is 3.28. The van der Waals surface area contributed by atoms with E-state index in [0.717, 1.165) is 5.56 Å². The highest BCUT2D eigenvalue weighted by atomic mass is 19.1. The van der Waals surface area contributed by atoms with Crippen LogP contribution in [0.4, 0.5) is 4.39 Å². The van der Waals surface area contributed by atoms with Crippen LogP contribution in [0.25, 0.3) is 6.08 Å². The van der Waals surface area contributed by atoms with Gasteiger partial charge in [-0.3, -0.25) is 4.98 Å². The first-order chi connectivity index (χ1) is 5.20. The SMILES string of the molecule is C/C(F)=C/c1ncccc1C. The smallest absolute Gasteiger partial charge is 0.0990 e. The molecule has 0 aliphatic rings. The van der Waals surface area contributed by atoms with Crippen LogP contribution in [0, 0.1) is 6.92 Å². The lowest BCUT2D eigenvalue weighted by Crippen LogP contribution is -1.84. The first-order valence-electron chi connectivity index (χ1n) is 3.45. The average molecular weight is 151 g/mol. The van der Waals surface area contributed by atoms with Crippen LogP contribution in [0.2, 0.25) is 0 Å². The Morgan fingerprint density at radius 3 is 2.91 bits per heavy atom. The van der Waals surface area contributed by atoms with Gasteiger partial charge in [-0.15, -0.1) is 0 Å². The molecule has 2 heteroatoms. The summed E-state index contributed by atoms with van der Waals surface area (Å²) in [5.41, 5.74) is 1.69. The molecule has 1 nitrogen and oxygen atoms in total. The van der Waals surface area contributed by atoms with E-state index in [1.165, 1.54) is 13.0 Å². The lowest BCUT2D eigenvalue weighted by molar-refractivity contribution is 0.648. The van der Waals surface area contributed by atoms with Gasteiger partial charge >= 0.3 is 0 Å². The Morgan fingerprint density at radius 2 is 2.36 bits per heavy atom. The minimum atomic E-state index is -0.216. The average Bonchev–Trinajstić information content (AvgIpc) is 1.93. The van der Waals surface area contributed by atoms with Gasteiger partial charge in [0.25, 0.3) is 0 Å². The second-order valence-electron chi connectivity index (χ2n) is 2.44. The maximum Gasteiger partial charge on any atom is 0.0990 e. The molecule has 1 aromatic heterocycles. The van der Waals surface area contributed by atoms with E-state index in [-0.39, 0.29) is 5.83 Å². The van der Waals surface area contributed by atoms with Crippen molar-refractivity contribution in [3.63, 3.8) is 0 Å². The number of rotatable bonds is 1. The van der Waals surface area contributed by atoms with Crippen LogP contribution >= 0.6 is 0 Å². The molecule has 0 bridgehead atoms. The number of hydrogen-bond donors (Lipinski definition) is 0. The molecule has 0 radical (unpaired) electrons. The summed E-state index contributed by atoms with van der Waals surface area (Å²) in [7, 11) is 0. The number of pyridine rings is 1. The molecule has 0 unspecified atom stereocenters. The molecule has 0 saturated heterocycles. The van der Waals surface area contributed by atoms with Gasteiger partial charge in [0.2, 0.25) is 0 Å². The van der Waals surface area contributed by atoms with E-state index in [2.05, 4.69) is 4.98 Å². The van der Waals surface area contributed by atoms with Gasteiger partial charge in [-0.1, -0.05) is 6.07 Å². The Bertz CT molecular complexity index is 275. The lowest BCUT2D eigenvalue weighted by Gasteiger charge is -1.96. The van der Waals surface area contributed by atoms with Crippen molar-refractivity contribution in [2.75, 3.05) is 0 Å². The molecule has 0 atom stereocenters. The summed E-state index contributed by atoms with van der Waals surface area (Å²) < 4.78 is 12.4. The summed E-state index contributed by atoms with van der Waals surface area (Å²) in [5.74, 6) is -0.216. The predicted octanol–water partition coefficient (Wildman–Crippen LogP) is 2.72. The summed E-state index contributed by atoms with van der Waals surface area (Å²) >= 11 is 0. The molecule has 11 heavy (non-hydrogen) atoms.